The standard InChI is InChI=1S/C15H8Cl2N2.ClH/c16-10-6-3-5-9-12(17)15-14(19-13(9)10)8-4-1-2-7-11(8)18-15;/h1-7,18H;1H. The van der Waals surface area contributed by atoms with Crippen LogP contribution in [0.25, 0.3) is 32.8 Å². The van der Waals surface area contributed by atoms with Gasteiger partial charge in [-0.25, -0.2) is 4.98 Å². The SMILES string of the molecule is Cl.Clc1cccc2c(Cl)c3[nH]c4ccccc4c3nc12. The second kappa shape index (κ2) is 4.81. The first-order valence-electron chi connectivity index (χ1n) is 5.90. The molecule has 0 fully saturated rings. The monoisotopic (exact) mass is 322 g/mol. The van der Waals surface area contributed by atoms with Gasteiger partial charge < -0.3 is 4.98 Å². The number of fused-ring (bicyclic) bond motifs is 4. The smallest absolute Gasteiger partial charge is 0.0981 e. The van der Waals surface area contributed by atoms with Crippen molar-refractivity contribution in [1.82, 2.24) is 9.97 Å². The maximum atomic E-state index is 6.49. The highest BCUT2D eigenvalue weighted by Crippen LogP contribution is 2.35. The first kappa shape index (κ1) is 13.5. The van der Waals surface area contributed by atoms with Crippen LogP contribution >= 0.6 is 35.6 Å². The van der Waals surface area contributed by atoms with Gasteiger partial charge in [-0.3, -0.25) is 0 Å². The summed E-state index contributed by atoms with van der Waals surface area (Å²) in [6.45, 7) is 0. The Morgan fingerprint density at radius 2 is 1.60 bits per heavy atom. The van der Waals surface area contributed by atoms with Gasteiger partial charge in [0.1, 0.15) is 0 Å². The molecule has 0 amide bonds. The van der Waals surface area contributed by atoms with Crippen LogP contribution in [0.15, 0.2) is 42.5 Å². The lowest BCUT2D eigenvalue weighted by Gasteiger charge is -2.03. The molecular formula is C15H9Cl3N2. The van der Waals surface area contributed by atoms with Crippen LogP contribution in [0.4, 0.5) is 0 Å². The van der Waals surface area contributed by atoms with Crippen LogP contribution in [0.2, 0.25) is 10.0 Å². The number of rotatable bonds is 0. The van der Waals surface area contributed by atoms with E-state index in [0.29, 0.717) is 10.0 Å². The first-order chi connectivity index (χ1) is 9.25. The molecule has 0 saturated carbocycles. The number of hydrogen-bond donors (Lipinski definition) is 1. The normalized spacial score (nSPS) is 11.1. The second-order valence-electron chi connectivity index (χ2n) is 4.46. The number of benzene rings is 2. The van der Waals surface area contributed by atoms with E-state index in [1.165, 1.54) is 0 Å². The van der Waals surface area contributed by atoms with Crippen molar-refractivity contribution >= 4 is 68.4 Å². The molecule has 2 heterocycles. The number of halogens is 3. The molecule has 4 aromatic rings. The van der Waals surface area contributed by atoms with Gasteiger partial charge in [0.2, 0.25) is 0 Å². The lowest BCUT2D eigenvalue weighted by atomic mass is 10.2. The second-order valence-corrected chi connectivity index (χ2v) is 5.24. The molecule has 1 N–H and O–H groups in total. The molecule has 20 heavy (non-hydrogen) atoms. The van der Waals surface area contributed by atoms with Crippen LogP contribution in [0.5, 0.6) is 0 Å². The zero-order chi connectivity index (χ0) is 13.0. The zero-order valence-electron chi connectivity index (χ0n) is 10.2. The third-order valence-electron chi connectivity index (χ3n) is 3.35. The number of aromatic nitrogens is 2. The number of H-pyrrole nitrogens is 1. The highest BCUT2D eigenvalue weighted by molar-refractivity contribution is 6.43. The van der Waals surface area contributed by atoms with Crippen LogP contribution in [-0.4, -0.2) is 9.97 Å². The van der Waals surface area contributed by atoms with Gasteiger partial charge in [0.05, 0.1) is 26.6 Å². The zero-order valence-corrected chi connectivity index (χ0v) is 12.5. The molecule has 0 radical (unpaired) electrons. The van der Waals surface area contributed by atoms with E-state index in [2.05, 4.69) is 9.97 Å². The van der Waals surface area contributed by atoms with Gasteiger partial charge in [0.25, 0.3) is 0 Å². The molecule has 0 atom stereocenters. The molecule has 2 nitrogen and oxygen atoms in total. The minimum absolute atomic E-state index is 0. The number of pyridine rings is 1. The fraction of sp³-hybridized carbons (Fsp3) is 0. The van der Waals surface area contributed by atoms with Gasteiger partial charge in [-0.1, -0.05) is 53.5 Å². The molecular weight excluding hydrogens is 315 g/mol. The van der Waals surface area contributed by atoms with Crippen molar-refractivity contribution in [1.29, 1.82) is 0 Å². The maximum absolute atomic E-state index is 6.49. The average Bonchev–Trinajstić information content (AvgIpc) is 2.80. The molecule has 100 valence electrons. The molecule has 2 aromatic heterocycles. The van der Waals surface area contributed by atoms with Crippen LogP contribution < -0.4 is 0 Å². The summed E-state index contributed by atoms with van der Waals surface area (Å²) in [7, 11) is 0. The van der Waals surface area contributed by atoms with Crippen molar-refractivity contribution in [2.75, 3.05) is 0 Å². The Labute approximate surface area is 131 Å². The van der Waals surface area contributed by atoms with Crippen LogP contribution in [0.3, 0.4) is 0 Å². The molecule has 2 aromatic carbocycles. The largest absolute Gasteiger partial charge is 0.352 e. The van der Waals surface area contributed by atoms with Crippen LogP contribution in [0, 0.1) is 0 Å². The summed E-state index contributed by atoms with van der Waals surface area (Å²) in [5.41, 5.74) is 3.49. The summed E-state index contributed by atoms with van der Waals surface area (Å²) >= 11 is 12.7. The van der Waals surface area contributed by atoms with E-state index >= 15 is 0 Å². The van der Waals surface area contributed by atoms with Crippen molar-refractivity contribution < 1.29 is 0 Å². The highest BCUT2D eigenvalue weighted by Gasteiger charge is 2.13. The number of hydrogen-bond acceptors (Lipinski definition) is 1. The summed E-state index contributed by atoms with van der Waals surface area (Å²) < 4.78 is 0. The fourth-order valence-electron chi connectivity index (χ4n) is 2.45. The highest BCUT2D eigenvalue weighted by atomic mass is 35.5. The Kier molecular flexibility index (Phi) is 3.25. The predicted octanol–water partition coefficient (Wildman–Crippen LogP) is 5.60. The van der Waals surface area contributed by atoms with Crippen molar-refractivity contribution in [2.24, 2.45) is 0 Å². The lowest BCUT2D eigenvalue weighted by Crippen LogP contribution is -1.83. The minimum atomic E-state index is 0. The minimum Gasteiger partial charge on any atom is -0.352 e. The van der Waals surface area contributed by atoms with Gasteiger partial charge in [-0.05, 0) is 12.1 Å². The Morgan fingerprint density at radius 1 is 0.850 bits per heavy atom. The Morgan fingerprint density at radius 3 is 2.45 bits per heavy atom. The Balaban J connectivity index is 0.00000121. The van der Waals surface area contributed by atoms with E-state index in [9.17, 15) is 0 Å². The van der Waals surface area contributed by atoms with Gasteiger partial charge in [-0.15, -0.1) is 12.4 Å². The number of nitrogens with zero attached hydrogens (tertiary/aromatic N) is 1. The quantitative estimate of drug-likeness (QED) is 0.448. The predicted molar refractivity (Wildman–Crippen MR) is 88.4 cm³/mol. The van der Waals surface area contributed by atoms with Gasteiger partial charge in [0, 0.05) is 16.3 Å². The van der Waals surface area contributed by atoms with E-state index in [1.807, 2.05) is 42.5 Å². The summed E-state index contributed by atoms with van der Waals surface area (Å²) in [5, 5.41) is 3.21. The van der Waals surface area contributed by atoms with Gasteiger partial charge >= 0.3 is 0 Å². The molecule has 0 aliphatic heterocycles. The third kappa shape index (κ3) is 1.76. The molecule has 4 rings (SSSR count). The summed E-state index contributed by atoms with van der Waals surface area (Å²) in [6.07, 6.45) is 0. The molecule has 5 heteroatoms. The van der Waals surface area contributed by atoms with Crippen LogP contribution in [-0.2, 0) is 0 Å². The number of para-hydroxylation sites is 2. The van der Waals surface area contributed by atoms with Crippen molar-refractivity contribution in [3.05, 3.63) is 52.5 Å². The van der Waals surface area contributed by atoms with E-state index in [-0.39, 0.29) is 12.4 Å². The molecule has 0 unspecified atom stereocenters. The van der Waals surface area contributed by atoms with E-state index < -0.39 is 0 Å². The topological polar surface area (TPSA) is 28.7 Å². The number of aromatic amines is 1. The first-order valence-corrected chi connectivity index (χ1v) is 6.65. The lowest BCUT2D eigenvalue weighted by molar-refractivity contribution is 1.49. The van der Waals surface area contributed by atoms with E-state index in [4.69, 9.17) is 23.2 Å². The third-order valence-corrected chi connectivity index (χ3v) is 4.04. The maximum Gasteiger partial charge on any atom is 0.0981 e. The Bertz CT molecular complexity index is 944. The molecule has 0 aliphatic carbocycles. The van der Waals surface area contributed by atoms with E-state index in [0.717, 1.165) is 32.8 Å². The summed E-state index contributed by atoms with van der Waals surface area (Å²) in [5.74, 6) is 0. The van der Waals surface area contributed by atoms with Crippen molar-refractivity contribution in [3.63, 3.8) is 0 Å². The number of nitrogens with one attached hydrogen (secondary N) is 1. The summed E-state index contributed by atoms with van der Waals surface area (Å²) in [4.78, 5) is 8.00. The van der Waals surface area contributed by atoms with Crippen LogP contribution in [0.1, 0.15) is 0 Å². The molecule has 0 saturated heterocycles. The average molecular weight is 324 g/mol. The fourth-order valence-corrected chi connectivity index (χ4v) is 2.96. The molecule has 0 bridgehead atoms. The Hall–Kier alpha value is -1.48. The molecule has 0 aliphatic rings. The van der Waals surface area contributed by atoms with Crippen molar-refractivity contribution in [3.8, 4) is 0 Å². The summed E-state index contributed by atoms with van der Waals surface area (Å²) in [6, 6.07) is 13.7. The van der Waals surface area contributed by atoms with E-state index in [1.54, 1.807) is 0 Å². The molecule has 0 spiro atoms. The van der Waals surface area contributed by atoms with Gasteiger partial charge in [0.15, 0.2) is 0 Å². The van der Waals surface area contributed by atoms with Crippen molar-refractivity contribution in [2.45, 2.75) is 0 Å². The van der Waals surface area contributed by atoms with Gasteiger partial charge in [-0.2, -0.15) is 0 Å².